The number of hydrogen-bond acceptors (Lipinski definition) is 2. The van der Waals surface area contributed by atoms with E-state index in [-0.39, 0.29) is 11.9 Å². The van der Waals surface area contributed by atoms with E-state index in [1.54, 1.807) is 23.9 Å². The third kappa shape index (κ3) is 4.08. The summed E-state index contributed by atoms with van der Waals surface area (Å²) in [6, 6.07) is 13.8. The molecule has 0 bridgehead atoms. The number of nitrogens with one attached hydrogen (secondary N) is 1. The SMILES string of the molecule is CCNC(C)c1cccc(F)c1SCc1ccccc1C. The minimum absolute atomic E-state index is 0.129. The van der Waals surface area contributed by atoms with Crippen molar-refractivity contribution in [3.05, 3.63) is 65.0 Å². The van der Waals surface area contributed by atoms with Crippen LogP contribution in [0.1, 0.15) is 36.6 Å². The molecule has 1 unspecified atom stereocenters. The second-order valence-corrected chi connectivity index (χ2v) is 6.14. The molecule has 3 heteroatoms. The Morgan fingerprint density at radius 3 is 2.62 bits per heavy atom. The van der Waals surface area contributed by atoms with Gasteiger partial charge in [0.05, 0.1) is 0 Å². The van der Waals surface area contributed by atoms with Crippen LogP contribution in [0, 0.1) is 12.7 Å². The van der Waals surface area contributed by atoms with Crippen LogP contribution in [0.2, 0.25) is 0 Å². The molecule has 0 aliphatic rings. The van der Waals surface area contributed by atoms with Crippen molar-refractivity contribution in [2.75, 3.05) is 6.54 Å². The molecule has 0 heterocycles. The lowest BCUT2D eigenvalue weighted by Gasteiger charge is -2.17. The maximum absolute atomic E-state index is 14.2. The van der Waals surface area contributed by atoms with Gasteiger partial charge in [-0.1, -0.05) is 43.3 Å². The molecule has 0 aliphatic carbocycles. The highest BCUT2D eigenvalue weighted by molar-refractivity contribution is 7.98. The maximum Gasteiger partial charge on any atom is 0.137 e. The first-order valence-corrected chi connectivity index (χ1v) is 8.31. The predicted octanol–water partition coefficient (Wildman–Crippen LogP) is 5.10. The van der Waals surface area contributed by atoms with Crippen LogP contribution in [0.4, 0.5) is 4.39 Å². The van der Waals surface area contributed by atoms with E-state index in [0.29, 0.717) is 0 Å². The third-order valence-corrected chi connectivity index (χ3v) is 4.78. The Labute approximate surface area is 131 Å². The van der Waals surface area contributed by atoms with Crippen molar-refractivity contribution in [1.29, 1.82) is 0 Å². The summed E-state index contributed by atoms with van der Waals surface area (Å²) in [6.07, 6.45) is 0. The summed E-state index contributed by atoms with van der Waals surface area (Å²) in [4.78, 5) is 0.759. The minimum atomic E-state index is -0.129. The Balaban J connectivity index is 2.21. The summed E-state index contributed by atoms with van der Waals surface area (Å²) in [5, 5.41) is 3.36. The molecule has 2 aromatic carbocycles. The molecule has 112 valence electrons. The molecule has 0 aromatic heterocycles. The van der Waals surface area contributed by atoms with E-state index in [4.69, 9.17) is 0 Å². The highest BCUT2D eigenvalue weighted by Crippen LogP contribution is 2.33. The normalized spacial score (nSPS) is 12.4. The van der Waals surface area contributed by atoms with Gasteiger partial charge in [0.2, 0.25) is 0 Å². The van der Waals surface area contributed by atoms with Crippen molar-refractivity contribution in [3.63, 3.8) is 0 Å². The number of rotatable bonds is 6. The molecule has 0 saturated carbocycles. The molecule has 0 amide bonds. The van der Waals surface area contributed by atoms with Gasteiger partial charge in [0.1, 0.15) is 5.82 Å². The van der Waals surface area contributed by atoms with Gasteiger partial charge in [0.25, 0.3) is 0 Å². The fourth-order valence-corrected chi connectivity index (χ4v) is 3.60. The predicted molar refractivity (Wildman–Crippen MR) is 89.2 cm³/mol. The van der Waals surface area contributed by atoms with Crippen LogP contribution in [0.25, 0.3) is 0 Å². The van der Waals surface area contributed by atoms with E-state index >= 15 is 0 Å². The van der Waals surface area contributed by atoms with Crippen LogP contribution in [0.5, 0.6) is 0 Å². The van der Waals surface area contributed by atoms with E-state index in [1.165, 1.54) is 11.1 Å². The zero-order valence-corrected chi connectivity index (χ0v) is 13.6. The van der Waals surface area contributed by atoms with E-state index in [2.05, 4.69) is 38.2 Å². The Bertz CT molecular complexity index is 598. The molecule has 2 aromatic rings. The fourth-order valence-electron chi connectivity index (χ4n) is 2.36. The average Bonchev–Trinajstić information content (AvgIpc) is 2.47. The second kappa shape index (κ2) is 7.62. The standard InChI is InChI=1S/C18H22FNS/c1-4-20-14(3)16-10-7-11-17(19)18(16)21-12-15-9-6-5-8-13(15)2/h5-11,14,20H,4,12H2,1-3H3. The highest BCUT2D eigenvalue weighted by Gasteiger charge is 2.14. The van der Waals surface area contributed by atoms with Crippen LogP contribution in [0.3, 0.4) is 0 Å². The van der Waals surface area contributed by atoms with Crippen molar-refractivity contribution < 1.29 is 4.39 Å². The van der Waals surface area contributed by atoms with Gasteiger partial charge in [-0.05, 0) is 43.1 Å². The number of hydrogen-bond donors (Lipinski definition) is 1. The topological polar surface area (TPSA) is 12.0 Å². The summed E-state index contributed by atoms with van der Waals surface area (Å²) < 4.78 is 14.2. The molecule has 0 spiro atoms. The van der Waals surface area contributed by atoms with Gasteiger partial charge >= 0.3 is 0 Å². The largest absolute Gasteiger partial charge is 0.310 e. The Morgan fingerprint density at radius 1 is 1.14 bits per heavy atom. The third-order valence-electron chi connectivity index (χ3n) is 3.61. The summed E-state index contributed by atoms with van der Waals surface area (Å²) in [5.41, 5.74) is 3.55. The molecular formula is C18H22FNS. The first kappa shape index (κ1) is 16.1. The zero-order valence-electron chi connectivity index (χ0n) is 12.8. The van der Waals surface area contributed by atoms with Crippen LogP contribution in [-0.2, 0) is 5.75 Å². The van der Waals surface area contributed by atoms with Crippen LogP contribution in [-0.4, -0.2) is 6.54 Å². The lowest BCUT2D eigenvalue weighted by atomic mass is 10.1. The lowest BCUT2D eigenvalue weighted by Crippen LogP contribution is -2.18. The summed E-state index contributed by atoms with van der Waals surface area (Å²) in [7, 11) is 0. The number of halogens is 1. The Morgan fingerprint density at radius 2 is 1.90 bits per heavy atom. The first-order valence-electron chi connectivity index (χ1n) is 7.32. The van der Waals surface area contributed by atoms with E-state index in [0.717, 1.165) is 22.8 Å². The van der Waals surface area contributed by atoms with Gasteiger partial charge in [-0.2, -0.15) is 0 Å². The van der Waals surface area contributed by atoms with E-state index in [1.807, 2.05) is 18.2 Å². The summed E-state index contributed by atoms with van der Waals surface area (Å²) >= 11 is 1.58. The van der Waals surface area contributed by atoms with Crippen molar-refractivity contribution in [2.24, 2.45) is 0 Å². The van der Waals surface area contributed by atoms with Crippen LogP contribution < -0.4 is 5.32 Å². The quantitative estimate of drug-likeness (QED) is 0.745. The molecule has 1 atom stereocenters. The van der Waals surface area contributed by atoms with Gasteiger partial charge in [-0.3, -0.25) is 0 Å². The Kier molecular flexibility index (Phi) is 5.83. The molecule has 21 heavy (non-hydrogen) atoms. The lowest BCUT2D eigenvalue weighted by molar-refractivity contribution is 0.558. The van der Waals surface area contributed by atoms with Crippen LogP contribution >= 0.6 is 11.8 Å². The van der Waals surface area contributed by atoms with Crippen molar-refractivity contribution in [3.8, 4) is 0 Å². The number of aryl methyl sites for hydroxylation is 1. The molecule has 1 N–H and O–H groups in total. The molecule has 0 fully saturated rings. The summed E-state index contributed by atoms with van der Waals surface area (Å²) in [5.74, 6) is 0.662. The van der Waals surface area contributed by atoms with E-state index in [9.17, 15) is 4.39 Å². The van der Waals surface area contributed by atoms with Crippen molar-refractivity contribution >= 4 is 11.8 Å². The van der Waals surface area contributed by atoms with Crippen molar-refractivity contribution in [2.45, 2.75) is 37.5 Å². The molecule has 0 saturated heterocycles. The summed E-state index contributed by atoms with van der Waals surface area (Å²) in [6.45, 7) is 7.12. The van der Waals surface area contributed by atoms with Crippen molar-refractivity contribution in [1.82, 2.24) is 5.32 Å². The number of benzene rings is 2. The van der Waals surface area contributed by atoms with Gasteiger partial charge in [-0.25, -0.2) is 4.39 Å². The smallest absolute Gasteiger partial charge is 0.137 e. The van der Waals surface area contributed by atoms with Gasteiger partial charge < -0.3 is 5.32 Å². The van der Waals surface area contributed by atoms with Gasteiger partial charge in [0, 0.05) is 16.7 Å². The second-order valence-electron chi connectivity index (χ2n) is 5.15. The molecule has 0 aliphatic heterocycles. The maximum atomic E-state index is 14.2. The molecule has 0 radical (unpaired) electrons. The monoisotopic (exact) mass is 303 g/mol. The fraction of sp³-hybridized carbons (Fsp3) is 0.333. The molecule has 2 rings (SSSR count). The number of thioether (sulfide) groups is 1. The zero-order chi connectivity index (χ0) is 15.2. The minimum Gasteiger partial charge on any atom is -0.310 e. The molecule has 1 nitrogen and oxygen atoms in total. The van der Waals surface area contributed by atoms with Gasteiger partial charge in [-0.15, -0.1) is 11.8 Å². The van der Waals surface area contributed by atoms with E-state index < -0.39 is 0 Å². The molecular weight excluding hydrogens is 281 g/mol. The average molecular weight is 303 g/mol. The first-order chi connectivity index (χ1) is 10.1. The van der Waals surface area contributed by atoms with Gasteiger partial charge in [0.15, 0.2) is 0 Å². The van der Waals surface area contributed by atoms with Crippen LogP contribution in [0.15, 0.2) is 47.4 Å². The Hall–Kier alpha value is -1.32. The highest BCUT2D eigenvalue weighted by atomic mass is 32.2.